The molecule has 0 bridgehead atoms. The Bertz CT molecular complexity index is 576. The van der Waals surface area contributed by atoms with E-state index in [9.17, 15) is 4.79 Å². The Morgan fingerprint density at radius 1 is 1.18 bits per heavy atom. The van der Waals surface area contributed by atoms with Gasteiger partial charge in [-0.1, -0.05) is 35.3 Å². The molecule has 2 aliphatic rings. The van der Waals surface area contributed by atoms with E-state index in [4.69, 9.17) is 23.2 Å². The topological polar surface area (TPSA) is 23.6 Å². The Kier molecular flexibility index (Phi) is 4.96. The quantitative estimate of drug-likeness (QED) is 0.833. The first-order valence-electron chi connectivity index (χ1n) is 8.01. The number of piperidine rings is 1. The van der Waals surface area contributed by atoms with Gasteiger partial charge in [0.1, 0.15) is 0 Å². The van der Waals surface area contributed by atoms with Gasteiger partial charge in [-0.25, -0.2) is 0 Å². The number of likely N-dealkylation sites (tertiary alicyclic amines) is 2. The largest absolute Gasteiger partial charge is 0.338 e. The molecule has 1 aromatic rings. The number of nitrogens with zero attached hydrogens (tertiary/aromatic N) is 2. The summed E-state index contributed by atoms with van der Waals surface area (Å²) in [6.45, 7) is 5.69. The van der Waals surface area contributed by atoms with Gasteiger partial charge in [0, 0.05) is 32.1 Å². The summed E-state index contributed by atoms with van der Waals surface area (Å²) in [5.41, 5.74) is 2.08. The predicted octanol–water partition coefficient (Wildman–Crippen LogP) is 3.89. The van der Waals surface area contributed by atoms with Crippen molar-refractivity contribution >= 4 is 29.1 Å². The summed E-state index contributed by atoms with van der Waals surface area (Å²) in [5, 5.41) is 1.32. The summed E-state index contributed by atoms with van der Waals surface area (Å²) in [6.07, 6.45) is 3.97. The van der Waals surface area contributed by atoms with Crippen LogP contribution in [0.1, 0.15) is 36.8 Å². The van der Waals surface area contributed by atoms with Gasteiger partial charge in [-0.3, -0.25) is 9.69 Å². The lowest BCUT2D eigenvalue weighted by atomic mass is 10.0. The number of hydrogen-bond acceptors (Lipinski definition) is 2. The van der Waals surface area contributed by atoms with Crippen LogP contribution in [-0.4, -0.2) is 41.4 Å². The molecule has 0 aromatic heterocycles. The van der Waals surface area contributed by atoms with E-state index in [0.29, 0.717) is 22.0 Å². The van der Waals surface area contributed by atoms with Crippen molar-refractivity contribution in [2.45, 2.75) is 45.2 Å². The third kappa shape index (κ3) is 3.27. The molecule has 2 saturated heterocycles. The zero-order valence-electron chi connectivity index (χ0n) is 12.9. The normalized spacial score (nSPS) is 23.3. The van der Waals surface area contributed by atoms with Crippen LogP contribution in [0.25, 0.3) is 0 Å². The van der Waals surface area contributed by atoms with Crippen LogP contribution in [0, 0.1) is 6.92 Å². The molecule has 2 aliphatic heterocycles. The average molecular weight is 341 g/mol. The summed E-state index contributed by atoms with van der Waals surface area (Å²) in [4.78, 5) is 16.4. The van der Waals surface area contributed by atoms with Crippen molar-refractivity contribution in [3.05, 3.63) is 33.3 Å². The number of amides is 1. The summed E-state index contributed by atoms with van der Waals surface area (Å²) in [6, 6.07) is 4.45. The van der Waals surface area contributed by atoms with Gasteiger partial charge >= 0.3 is 0 Å². The monoisotopic (exact) mass is 340 g/mol. The van der Waals surface area contributed by atoms with Crippen molar-refractivity contribution in [1.29, 1.82) is 0 Å². The lowest BCUT2D eigenvalue weighted by molar-refractivity contribution is -0.130. The van der Waals surface area contributed by atoms with Crippen LogP contribution in [0.3, 0.4) is 0 Å². The van der Waals surface area contributed by atoms with E-state index in [2.05, 4.69) is 15.9 Å². The summed E-state index contributed by atoms with van der Waals surface area (Å²) < 4.78 is 0. The molecule has 1 aromatic carbocycles. The highest BCUT2D eigenvalue weighted by Gasteiger charge is 2.31. The molecule has 0 radical (unpaired) electrons. The number of benzene rings is 1. The molecule has 0 aliphatic carbocycles. The second-order valence-electron chi connectivity index (χ2n) is 6.39. The third-order valence-electron chi connectivity index (χ3n) is 4.78. The van der Waals surface area contributed by atoms with Crippen molar-refractivity contribution in [3.63, 3.8) is 0 Å². The molecule has 0 N–H and O–H groups in total. The first kappa shape index (κ1) is 16.1. The molecule has 22 heavy (non-hydrogen) atoms. The molecule has 5 heteroatoms. The van der Waals surface area contributed by atoms with E-state index in [-0.39, 0.29) is 0 Å². The van der Waals surface area contributed by atoms with Crippen molar-refractivity contribution < 1.29 is 4.79 Å². The van der Waals surface area contributed by atoms with E-state index in [1.165, 1.54) is 0 Å². The van der Waals surface area contributed by atoms with Gasteiger partial charge in [0.2, 0.25) is 5.91 Å². The van der Waals surface area contributed by atoms with Crippen molar-refractivity contribution in [2.24, 2.45) is 0 Å². The minimum absolute atomic E-state index is 0.322. The predicted molar refractivity (Wildman–Crippen MR) is 90.4 cm³/mol. The van der Waals surface area contributed by atoms with E-state index in [1.54, 1.807) is 0 Å². The molecule has 3 rings (SSSR count). The van der Waals surface area contributed by atoms with Gasteiger partial charge in [0.25, 0.3) is 0 Å². The number of rotatable bonds is 3. The lowest BCUT2D eigenvalue weighted by Crippen LogP contribution is -2.48. The maximum absolute atomic E-state index is 11.9. The van der Waals surface area contributed by atoms with Crippen molar-refractivity contribution in [2.75, 3.05) is 19.6 Å². The second kappa shape index (κ2) is 6.77. The summed E-state index contributed by atoms with van der Waals surface area (Å²) in [7, 11) is 0. The van der Waals surface area contributed by atoms with E-state index in [1.807, 2.05) is 13.0 Å². The highest BCUT2D eigenvalue weighted by molar-refractivity contribution is 6.42. The number of carbonyl (C=O) groups is 1. The number of carbonyl (C=O) groups excluding carboxylic acids is 1. The van der Waals surface area contributed by atoms with E-state index < -0.39 is 0 Å². The van der Waals surface area contributed by atoms with Crippen molar-refractivity contribution in [3.8, 4) is 0 Å². The van der Waals surface area contributed by atoms with Crippen LogP contribution >= 0.6 is 23.2 Å². The van der Waals surface area contributed by atoms with Gasteiger partial charge in [-0.05, 0) is 43.9 Å². The Morgan fingerprint density at radius 3 is 2.73 bits per heavy atom. The van der Waals surface area contributed by atoms with Crippen LogP contribution in [-0.2, 0) is 11.3 Å². The second-order valence-corrected chi connectivity index (χ2v) is 7.15. The minimum Gasteiger partial charge on any atom is -0.338 e. The van der Waals surface area contributed by atoms with Crippen LogP contribution < -0.4 is 0 Å². The van der Waals surface area contributed by atoms with Crippen LogP contribution in [0.15, 0.2) is 12.1 Å². The van der Waals surface area contributed by atoms with Gasteiger partial charge in [-0.2, -0.15) is 0 Å². The summed E-state index contributed by atoms with van der Waals surface area (Å²) in [5.74, 6) is 0.322. The molecule has 0 saturated carbocycles. The van der Waals surface area contributed by atoms with E-state index in [0.717, 1.165) is 63.0 Å². The molecular formula is C17H22Cl2N2O. The van der Waals surface area contributed by atoms with Gasteiger partial charge < -0.3 is 4.90 Å². The Labute approximate surface area is 142 Å². The molecule has 2 heterocycles. The lowest BCUT2D eigenvalue weighted by Gasteiger charge is -2.37. The fraction of sp³-hybridized carbons (Fsp3) is 0.588. The van der Waals surface area contributed by atoms with Crippen molar-refractivity contribution in [1.82, 2.24) is 9.80 Å². The van der Waals surface area contributed by atoms with Crippen LogP contribution in [0.2, 0.25) is 10.0 Å². The maximum atomic E-state index is 11.9. The van der Waals surface area contributed by atoms with Gasteiger partial charge in [0.15, 0.2) is 0 Å². The third-order valence-corrected chi connectivity index (χ3v) is 5.80. The molecule has 3 nitrogen and oxygen atoms in total. The van der Waals surface area contributed by atoms with Gasteiger partial charge in [0.05, 0.1) is 10.0 Å². The smallest absolute Gasteiger partial charge is 0.222 e. The molecule has 120 valence electrons. The molecule has 1 atom stereocenters. The van der Waals surface area contributed by atoms with E-state index >= 15 is 0 Å². The highest BCUT2D eigenvalue weighted by atomic mass is 35.5. The summed E-state index contributed by atoms with van der Waals surface area (Å²) >= 11 is 12.6. The molecule has 1 unspecified atom stereocenters. The number of halogens is 2. The fourth-order valence-electron chi connectivity index (χ4n) is 3.53. The Hall–Kier alpha value is -0.770. The minimum atomic E-state index is 0.322. The SMILES string of the molecule is Cc1ccc(CN2CCCC(N3CCCC3=O)C2)c(Cl)c1Cl. The van der Waals surface area contributed by atoms with Gasteiger partial charge in [-0.15, -0.1) is 0 Å². The number of aryl methyl sites for hydroxylation is 1. The Morgan fingerprint density at radius 2 is 2.00 bits per heavy atom. The molecule has 2 fully saturated rings. The maximum Gasteiger partial charge on any atom is 0.222 e. The standard InChI is InChI=1S/C17H22Cl2N2O/c1-12-6-7-13(17(19)16(12)18)10-20-8-2-4-14(11-20)21-9-3-5-15(21)22/h6-7,14H,2-5,8-11H2,1H3. The zero-order valence-corrected chi connectivity index (χ0v) is 14.5. The first-order chi connectivity index (χ1) is 10.6. The zero-order chi connectivity index (χ0) is 15.7. The average Bonchev–Trinajstić information content (AvgIpc) is 2.94. The molecule has 0 spiro atoms. The fourth-order valence-corrected chi connectivity index (χ4v) is 3.99. The number of hydrogen-bond donors (Lipinski definition) is 0. The van der Waals surface area contributed by atoms with Crippen LogP contribution in [0.4, 0.5) is 0 Å². The highest BCUT2D eigenvalue weighted by Crippen LogP contribution is 2.31. The van der Waals surface area contributed by atoms with Crippen LogP contribution in [0.5, 0.6) is 0 Å². The first-order valence-corrected chi connectivity index (χ1v) is 8.77. The Balaban J connectivity index is 1.68. The molecular weight excluding hydrogens is 319 g/mol. The molecule has 1 amide bonds.